The first-order valence-corrected chi connectivity index (χ1v) is 23.7. The van der Waals surface area contributed by atoms with E-state index in [-0.39, 0.29) is 38.2 Å². The van der Waals surface area contributed by atoms with Crippen LogP contribution in [-0.2, 0) is 42.1 Å². The van der Waals surface area contributed by atoms with Crippen molar-refractivity contribution in [1.82, 2.24) is 5.32 Å². The van der Waals surface area contributed by atoms with Crippen LogP contribution in [0, 0.1) is 0 Å². The molecule has 0 aromatic heterocycles. The molecule has 0 radical (unpaired) electrons. The van der Waals surface area contributed by atoms with Gasteiger partial charge in [0.2, 0.25) is 0 Å². The lowest BCUT2D eigenvalue weighted by Crippen LogP contribution is -2.37. The third-order valence-corrected chi connectivity index (χ3v) is 10.3. The van der Waals surface area contributed by atoms with Crippen molar-refractivity contribution >= 4 is 25.9 Å². The second kappa shape index (κ2) is 34.2. The van der Waals surface area contributed by atoms with Crippen LogP contribution in [0.5, 0.6) is 0 Å². The minimum atomic E-state index is -4.60. The summed E-state index contributed by atoms with van der Waals surface area (Å²) in [6, 6.07) is 0. The zero-order chi connectivity index (χ0) is 42.0. The Kier molecular flexibility index (Phi) is 33.1. The van der Waals surface area contributed by atoms with Gasteiger partial charge >= 0.3 is 25.9 Å². The minimum absolute atomic E-state index is 0.116. The van der Waals surface area contributed by atoms with E-state index in [0.717, 1.165) is 38.5 Å². The number of alkyl carbamates (subject to hydrolysis) is 1. The number of rotatable bonds is 38. The van der Waals surface area contributed by atoms with Crippen molar-refractivity contribution in [2.75, 3.05) is 33.0 Å². The molecule has 1 amide bonds. The third-order valence-electron chi connectivity index (χ3n) is 9.35. The molecule has 2 unspecified atom stereocenters. The summed E-state index contributed by atoms with van der Waals surface area (Å²) in [4.78, 5) is 47.8. The molecule has 0 saturated carbocycles. The van der Waals surface area contributed by atoms with Crippen LogP contribution in [0.15, 0.2) is 0 Å². The van der Waals surface area contributed by atoms with Crippen LogP contribution in [-0.4, -0.2) is 73.2 Å². The number of esters is 2. The smallest absolute Gasteiger partial charge is 0.462 e. The van der Waals surface area contributed by atoms with Crippen LogP contribution in [0.4, 0.5) is 4.79 Å². The van der Waals surface area contributed by atoms with E-state index in [1.54, 1.807) is 13.8 Å². The van der Waals surface area contributed by atoms with Crippen molar-refractivity contribution in [2.45, 2.75) is 226 Å². The molecule has 0 rings (SSSR count). The van der Waals surface area contributed by atoms with Gasteiger partial charge in [-0.2, -0.15) is 0 Å². The van der Waals surface area contributed by atoms with Crippen LogP contribution in [0.2, 0.25) is 0 Å². The fourth-order valence-electron chi connectivity index (χ4n) is 5.96. The molecule has 0 aliphatic carbocycles. The van der Waals surface area contributed by atoms with Gasteiger partial charge in [0, 0.05) is 25.8 Å². The Labute approximate surface area is 341 Å². The molecule has 0 aliphatic rings. The van der Waals surface area contributed by atoms with E-state index in [4.69, 9.17) is 28.0 Å². The quantitative estimate of drug-likeness (QED) is 0.0264. The summed E-state index contributed by atoms with van der Waals surface area (Å²) in [6.45, 7) is 13.0. The number of phosphoric ester groups is 1. The zero-order valence-electron chi connectivity index (χ0n) is 36.8. The topological polar surface area (TPSA) is 156 Å². The third kappa shape index (κ3) is 37.8. The van der Waals surface area contributed by atoms with Gasteiger partial charge in [0.1, 0.15) is 12.2 Å². The molecule has 0 fully saturated rings. The van der Waals surface area contributed by atoms with E-state index in [9.17, 15) is 23.8 Å². The van der Waals surface area contributed by atoms with Crippen LogP contribution < -0.4 is 5.32 Å². The Balaban J connectivity index is 4.70. The number of carbonyl (C=O) groups excluding carboxylic acids is 3. The Morgan fingerprint density at radius 1 is 0.607 bits per heavy atom. The molecule has 332 valence electrons. The predicted molar refractivity (Wildman–Crippen MR) is 224 cm³/mol. The molecule has 0 heterocycles. The highest BCUT2D eigenvalue weighted by Crippen LogP contribution is 2.43. The minimum Gasteiger partial charge on any atom is -0.462 e. The molecular formula is C43H84NO11P. The molecule has 0 aromatic rings. The normalized spacial score (nSPS) is 13.6. The maximum Gasteiger partial charge on any atom is 0.472 e. The second-order valence-corrected chi connectivity index (χ2v) is 18.2. The fourth-order valence-corrected chi connectivity index (χ4v) is 6.71. The van der Waals surface area contributed by atoms with E-state index in [0.29, 0.717) is 25.9 Å². The lowest BCUT2D eigenvalue weighted by atomic mass is 10.1. The molecule has 12 nitrogen and oxygen atoms in total. The first-order valence-electron chi connectivity index (χ1n) is 22.2. The second-order valence-electron chi connectivity index (χ2n) is 16.8. The molecule has 56 heavy (non-hydrogen) atoms. The molecule has 2 N–H and O–H groups in total. The first-order chi connectivity index (χ1) is 26.6. The standard InChI is InChI=1S/C43H84NO11P/c1-8-10-12-14-16-18-20-22-24-26-28-30-39(45)50-36-38(54-40(46)31-29-27-25-23-21-19-17-15-13-11-9-2)37-53-56(48,49)52-35-33-44-41(47)55-43(6,7)32-34-51-42(3,4)5/h38H,8-37H2,1-7H3,(H,44,47)(H,48,49). The zero-order valence-corrected chi connectivity index (χ0v) is 37.7. The number of carbonyl (C=O) groups is 3. The highest BCUT2D eigenvalue weighted by atomic mass is 31.2. The Morgan fingerprint density at radius 3 is 1.52 bits per heavy atom. The van der Waals surface area contributed by atoms with Gasteiger partial charge in [0.05, 0.1) is 25.4 Å². The number of hydrogen-bond acceptors (Lipinski definition) is 10. The van der Waals surface area contributed by atoms with Gasteiger partial charge in [-0.15, -0.1) is 0 Å². The van der Waals surface area contributed by atoms with Crippen molar-refractivity contribution in [3.8, 4) is 0 Å². The van der Waals surface area contributed by atoms with E-state index in [1.807, 2.05) is 20.8 Å². The summed E-state index contributed by atoms with van der Waals surface area (Å²) in [7, 11) is -4.60. The number of phosphoric acid groups is 1. The first kappa shape index (κ1) is 54.3. The van der Waals surface area contributed by atoms with Gasteiger partial charge in [-0.3, -0.25) is 18.6 Å². The number of unbranched alkanes of at least 4 members (excludes halogenated alkanes) is 20. The van der Waals surface area contributed by atoms with Gasteiger partial charge in [-0.1, -0.05) is 142 Å². The summed E-state index contributed by atoms with van der Waals surface area (Å²) in [5.74, 6) is -0.904. The number of hydrogen-bond donors (Lipinski definition) is 2. The van der Waals surface area contributed by atoms with Gasteiger partial charge in [-0.05, 0) is 47.5 Å². The largest absolute Gasteiger partial charge is 0.472 e. The van der Waals surface area contributed by atoms with E-state index in [1.165, 1.54) is 89.9 Å². The van der Waals surface area contributed by atoms with Crippen molar-refractivity contribution in [2.24, 2.45) is 0 Å². The van der Waals surface area contributed by atoms with Crippen LogP contribution >= 0.6 is 7.82 Å². The lowest BCUT2D eigenvalue weighted by Gasteiger charge is -2.27. The Hall–Kier alpha value is -1.72. The highest BCUT2D eigenvalue weighted by molar-refractivity contribution is 7.47. The lowest BCUT2D eigenvalue weighted by molar-refractivity contribution is -0.161. The maximum atomic E-state index is 12.7. The predicted octanol–water partition coefficient (Wildman–Crippen LogP) is 11.7. The molecule has 13 heteroatoms. The van der Waals surface area contributed by atoms with Gasteiger partial charge in [0.15, 0.2) is 6.10 Å². The molecule has 0 saturated heterocycles. The maximum absolute atomic E-state index is 12.7. The number of ether oxygens (including phenoxy) is 4. The average Bonchev–Trinajstić information content (AvgIpc) is 3.11. The summed E-state index contributed by atoms with van der Waals surface area (Å²) in [5.41, 5.74) is -1.10. The van der Waals surface area contributed by atoms with E-state index in [2.05, 4.69) is 19.2 Å². The summed E-state index contributed by atoms with van der Waals surface area (Å²) in [5, 5.41) is 2.49. The fraction of sp³-hybridized carbons (Fsp3) is 0.930. The van der Waals surface area contributed by atoms with Crippen molar-refractivity contribution in [3.05, 3.63) is 0 Å². The number of amides is 1. The molecule has 2 atom stereocenters. The monoisotopic (exact) mass is 822 g/mol. The van der Waals surface area contributed by atoms with E-state index < -0.39 is 44.2 Å². The van der Waals surface area contributed by atoms with Gasteiger partial charge in [0.25, 0.3) is 0 Å². The molecule has 0 bridgehead atoms. The van der Waals surface area contributed by atoms with Crippen LogP contribution in [0.1, 0.15) is 209 Å². The van der Waals surface area contributed by atoms with Crippen molar-refractivity contribution in [1.29, 1.82) is 0 Å². The molecule has 0 aliphatic heterocycles. The number of nitrogens with one attached hydrogen (secondary N) is 1. The highest BCUT2D eigenvalue weighted by Gasteiger charge is 2.27. The van der Waals surface area contributed by atoms with Crippen LogP contribution in [0.3, 0.4) is 0 Å². The molecular weight excluding hydrogens is 737 g/mol. The van der Waals surface area contributed by atoms with E-state index >= 15 is 0 Å². The summed E-state index contributed by atoms with van der Waals surface area (Å²) < 4.78 is 44.9. The Bertz CT molecular complexity index is 1030. The van der Waals surface area contributed by atoms with Gasteiger partial charge in [-0.25, -0.2) is 9.36 Å². The van der Waals surface area contributed by atoms with Crippen LogP contribution in [0.25, 0.3) is 0 Å². The summed E-state index contributed by atoms with van der Waals surface area (Å²) >= 11 is 0. The SMILES string of the molecule is CCCCCCCCCCCCCC(=O)OCC(COP(=O)(O)OCCNC(=O)OC(C)(C)CCOC(C)(C)C)OC(=O)CCCCCCCCCCCCC. The van der Waals surface area contributed by atoms with Crippen molar-refractivity contribution < 1.29 is 51.8 Å². The van der Waals surface area contributed by atoms with Gasteiger partial charge < -0.3 is 29.2 Å². The Morgan fingerprint density at radius 2 is 1.05 bits per heavy atom. The molecule has 0 spiro atoms. The molecule has 0 aromatic carbocycles. The average molecular weight is 822 g/mol. The van der Waals surface area contributed by atoms with Crippen molar-refractivity contribution in [3.63, 3.8) is 0 Å². The summed E-state index contributed by atoms with van der Waals surface area (Å²) in [6.07, 6.45) is 24.7.